The van der Waals surface area contributed by atoms with Gasteiger partial charge < -0.3 is 15.5 Å². The van der Waals surface area contributed by atoms with Crippen LogP contribution in [0.15, 0.2) is 53.5 Å². The van der Waals surface area contributed by atoms with Gasteiger partial charge in [0, 0.05) is 38.8 Å². The van der Waals surface area contributed by atoms with E-state index in [1.165, 1.54) is 12.5 Å². The van der Waals surface area contributed by atoms with Gasteiger partial charge in [-0.3, -0.25) is 9.79 Å². The zero-order valence-electron chi connectivity index (χ0n) is 17.4. The second kappa shape index (κ2) is 12.5. The molecule has 0 saturated carbocycles. The Hall–Kier alpha value is -2.16. The van der Waals surface area contributed by atoms with Crippen LogP contribution in [0.2, 0.25) is 0 Å². The fraction of sp³-hybridized carbons (Fsp3) is 0.391. The first-order chi connectivity index (χ1) is 14.2. The van der Waals surface area contributed by atoms with Crippen LogP contribution in [-0.4, -0.2) is 43.4 Å². The number of hydrogen-bond acceptors (Lipinski definition) is 2. The topological polar surface area (TPSA) is 56.7 Å². The van der Waals surface area contributed by atoms with E-state index in [9.17, 15) is 9.18 Å². The van der Waals surface area contributed by atoms with Crippen LogP contribution in [0, 0.1) is 5.82 Å². The highest BCUT2D eigenvalue weighted by Crippen LogP contribution is 2.14. The molecule has 2 aromatic carbocycles. The summed E-state index contributed by atoms with van der Waals surface area (Å²) in [5.41, 5.74) is 2.77. The number of nitrogens with zero attached hydrogens (tertiary/aromatic N) is 2. The third-order valence-corrected chi connectivity index (χ3v) is 5.12. The van der Waals surface area contributed by atoms with Gasteiger partial charge in [0.1, 0.15) is 5.82 Å². The highest BCUT2D eigenvalue weighted by atomic mass is 127. The maximum Gasteiger partial charge on any atom is 0.253 e. The molecule has 0 radical (unpaired) electrons. The highest BCUT2D eigenvalue weighted by Gasteiger charge is 2.17. The first kappa shape index (κ1) is 24.1. The van der Waals surface area contributed by atoms with Crippen molar-refractivity contribution in [1.29, 1.82) is 0 Å². The van der Waals surface area contributed by atoms with E-state index in [0.29, 0.717) is 25.5 Å². The minimum Gasteiger partial charge on any atom is -0.356 e. The Balaban J connectivity index is 0.00000320. The molecule has 162 valence electrons. The van der Waals surface area contributed by atoms with Crippen molar-refractivity contribution < 1.29 is 9.18 Å². The number of guanidine groups is 1. The lowest BCUT2D eigenvalue weighted by atomic mass is 10.1. The number of piperidine rings is 1. The Morgan fingerprint density at radius 3 is 2.43 bits per heavy atom. The Bertz CT molecular complexity index is 835. The van der Waals surface area contributed by atoms with Gasteiger partial charge in [0.05, 0.1) is 0 Å². The van der Waals surface area contributed by atoms with Crippen LogP contribution in [0.1, 0.15) is 40.7 Å². The zero-order valence-corrected chi connectivity index (χ0v) is 19.7. The molecule has 0 bridgehead atoms. The van der Waals surface area contributed by atoms with E-state index in [0.717, 1.165) is 42.6 Å². The van der Waals surface area contributed by atoms with Crippen molar-refractivity contribution in [2.75, 3.05) is 26.7 Å². The van der Waals surface area contributed by atoms with Crippen molar-refractivity contribution in [3.8, 4) is 0 Å². The molecule has 0 spiro atoms. The minimum absolute atomic E-state index is 0. The first-order valence-electron chi connectivity index (χ1n) is 10.2. The molecule has 2 aromatic rings. The fourth-order valence-electron chi connectivity index (χ4n) is 3.47. The predicted molar refractivity (Wildman–Crippen MR) is 130 cm³/mol. The van der Waals surface area contributed by atoms with Gasteiger partial charge in [-0.15, -0.1) is 24.0 Å². The largest absolute Gasteiger partial charge is 0.356 e. The Morgan fingerprint density at radius 2 is 1.77 bits per heavy atom. The summed E-state index contributed by atoms with van der Waals surface area (Å²) in [6.07, 6.45) is 4.12. The minimum atomic E-state index is -0.216. The van der Waals surface area contributed by atoms with E-state index >= 15 is 0 Å². The number of benzene rings is 2. The monoisotopic (exact) mass is 524 g/mol. The van der Waals surface area contributed by atoms with Gasteiger partial charge in [0.15, 0.2) is 5.96 Å². The van der Waals surface area contributed by atoms with E-state index in [1.54, 1.807) is 19.2 Å². The average Bonchev–Trinajstić information content (AvgIpc) is 2.76. The Morgan fingerprint density at radius 1 is 1.03 bits per heavy atom. The second-order valence-electron chi connectivity index (χ2n) is 7.28. The normalized spacial score (nSPS) is 14.1. The van der Waals surface area contributed by atoms with Crippen LogP contribution in [0.25, 0.3) is 0 Å². The maximum absolute atomic E-state index is 13.2. The van der Waals surface area contributed by atoms with Crippen LogP contribution < -0.4 is 10.6 Å². The van der Waals surface area contributed by atoms with Crippen molar-refractivity contribution in [2.45, 2.75) is 32.2 Å². The lowest BCUT2D eigenvalue weighted by Crippen LogP contribution is -2.38. The maximum atomic E-state index is 13.2. The van der Waals surface area contributed by atoms with Gasteiger partial charge in [0.25, 0.3) is 5.91 Å². The molecule has 5 nitrogen and oxygen atoms in total. The summed E-state index contributed by atoms with van der Waals surface area (Å²) in [4.78, 5) is 18.7. The number of carbonyl (C=O) groups excluding carboxylic acids is 1. The molecule has 1 fully saturated rings. The molecule has 1 aliphatic rings. The SMILES string of the molecule is CN=C(NCCc1cccc(F)c1)NCc1ccc(C(=O)N2CCCCC2)cc1.I. The number of hydrogen-bond donors (Lipinski definition) is 2. The van der Waals surface area contributed by atoms with Crippen LogP contribution in [0.5, 0.6) is 0 Å². The molecule has 7 heteroatoms. The molecule has 1 saturated heterocycles. The molecule has 1 aliphatic heterocycles. The Kier molecular flexibility index (Phi) is 10.1. The number of amides is 1. The van der Waals surface area contributed by atoms with Crippen LogP contribution in [0.3, 0.4) is 0 Å². The lowest BCUT2D eigenvalue weighted by Gasteiger charge is -2.26. The van der Waals surface area contributed by atoms with Crippen molar-refractivity contribution >= 4 is 35.8 Å². The first-order valence-corrected chi connectivity index (χ1v) is 10.2. The molecule has 0 atom stereocenters. The summed E-state index contributed by atoms with van der Waals surface area (Å²) in [7, 11) is 1.72. The van der Waals surface area contributed by atoms with Crippen LogP contribution >= 0.6 is 24.0 Å². The highest BCUT2D eigenvalue weighted by molar-refractivity contribution is 14.0. The van der Waals surface area contributed by atoms with Gasteiger partial charge in [-0.2, -0.15) is 0 Å². The average molecular weight is 524 g/mol. The van der Waals surface area contributed by atoms with Gasteiger partial charge in [0.2, 0.25) is 0 Å². The van der Waals surface area contributed by atoms with Crippen LogP contribution in [-0.2, 0) is 13.0 Å². The molecule has 0 aromatic heterocycles. The molecule has 2 N–H and O–H groups in total. The van der Waals surface area contributed by atoms with Gasteiger partial charge >= 0.3 is 0 Å². The molecule has 0 aliphatic carbocycles. The number of nitrogens with one attached hydrogen (secondary N) is 2. The lowest BCUT2D eigenvalue weighted by molar-refractivity contribution is 0.0724. The van der Waals surface area contributed by atoms with Crippen molar-refractivity contribution in [3.63, 3.8) is 0 Å². The predicted octanol–water partition coefficient (Wildman–Crippen LogP) is 3.98. The van der Waals surface area contributed by atoms with Crippen molar-refractivity contribution in [2.24, 2.45) is 4.99 Å². The number of carbonyl (C=O) groups is 1. The molecule has 1 amide bonds. The van der Waals surface area contributed by atoms with Gasteiger partial charge in [-0.05, 0) is 61.1 Å². The van der Waals surface area contributed by atoms with Crippen molar-refractivity contribution in [3.05, 3.63) is 71.0 Å². The summed E-state index contributed by atoms with van der Waals surface area (Å²) < 4.78 is 13.2. The molecule has 3 rings (SSSR count). The number of aliphatic imine (C=N–C) groups is 1. The molecule has 0 unspecified atom stereocenters. The van der Waals surface area contributed by atoms with Gasteiger partial charge in [-0.1, -0.05) is 24.3 Å². The summed E-state index contributed by atoms with van der Waals surface area (Å²) >= 11 is 0. The molecule has 1 heterocycles. The van der Waals surface area contributed by atoms with E-state index < -0.39 is 0 Å². The number of halogens is 2. The summed E-state index contributed by atoms with van der Waals surface area (Å²) in [6, 6.07) is 14.4. The van der Waals surface area contributed by atoms with E-state index in [-0.39, 0.29) is 35.7 Å². The summed E-state index contributed by atoms with van der Waals surface area (Å²) in [5.74, 6) is 0.598. The van der Waals surface area contributed by atoms with E-state index in [4.69, 9.17) is 0 Å². The fourth-order valence-corrected chi connectivity index (χ4v) is 3.47. The summed E-state index contributed by atoms with van der Waals surface area (Å²) in [5, 5.41) is 6.50. The summed E-state index contributed by atoms with van der Waals surface area (Å²) in [6.45, 7) is 2.99. The van der Waals surface area contributed by atoms with E-state index in [1.807, 2.05) is 35.2 Å². The van der Waals surface area contributed by atoms with Gasteiger partial charge in [-0.25, -0.2) is 4.39 Å². The smallest absolute Gasteiger partial charge is 0.253 e. The molecule has 30 heavy (non-hydrogen) atoms. The van der Waals surface area contributed by atoms with Crippen molar-refractivity contribution in [1.82, 2.24) is 15.5 Å². The quantitative estimate of drug-likeness (QED) is 0.342. The Labute approximate surface area is 195 Å². The standard InChI is InChI=1S/C23H29FN4O.HI/c1-25-23(26-13-12-18-6-5-7-21(24)16-18)27-17-19-8-10-20(11-9-19)22(29)28-14-3-2-4-15-28;/h5-11,16H,2-4,12-15,17H2,1H3,(H2,25,26,27);1H. The van der Waals surface area contributed by atoms with E-state index in [2.05, 4.69) is 15.6 Å². The second-order valence-corrected chi connectivity index (χ2v) is 7.28. The number of likely N-dealkylation sites (tertiary alicyclic amines) is 1. The third-order valence-electron chi connectivity index (χ3n) is 5.12. The molecular formula is C23H30FIN4O. The zero-order chi connectivity index (χ0) is 20.5. The molecular weight excluding hydrogens is 494 g/mol. The number of rotatable bonds is 6. The van der Waals surface area contributed by atoms with Crippen LogP contribution in [0.4, 0.5) is 4.39 Å². The third kappa shape index (κ3) is 7.27.